The van der Waals surface area contributed by atoms with Crippen molar-refractivity contribution in [3.8, 4) is 0 Å². The van der Waals surface area contributed by atoms with E-state index in [1.165, 1.54) is 6.07 Å². The van der Waals surface area contributed by atoms with Crippen LogP contribution < -0.4 is 15.5 Å². The molecule has 2 aliphatic heterocycles. The van der Waals surface area contributed by atoms with Crippen molar-refractivity contribution in [2.75, 3.05) is 23.3 Å². The van der Waals surface area contributed by atoms with Crippen molar-refractivity contribution in [2.24, 2.45) is 0 Å². The quantitative estimate of drug-likeness (QED) is 0.507. The molecule has 1 aromatic rings. The lowest BCUT2D eigenvalue weighted by Gasteiger charge is -2.38. The lowest BCUT2D eigenvalue weighted by Crippen LogP contribution is -2.51. The molecule has 2 fully saturated rings. The molecule has 1 amide bonds. The molecule has 2 unspecified atom stereocenters. The van der Waals surface area contributed by atoms with Crippen LogP contribution in [-0.4, -0.2) is 58.2 Å². The van der Waals surface area contributed by atoms with Gasteiger partial charge in [-0.05, 0) is 37.5 Å². The number of rotatable bonds is 5. The number of aliphatic hydroxyl groups excluding tert-OH is 1. The summed E-state index contributed by atoms with van der Waals surface area (Å²) in [6, 6.07) is 4.25. The van der Waals surface area contributed by atoms with Gasteiger partial charge >= 0.3 is 5.97 Å². The number of hydrogen-bond donors (Lipinski definition) is 5. The van der Waals surface area contributed by atoms with Crippen LogP contribution in [0.15, 0.2) is 18.2 Å². The molecule has 2 saturated heterocycles. The molecule has 2 aliphatic rings. The summed E-state index contributed by atoms with van der Waals surface area (Å²) in [5.74, 6) is -1.71. The lowest BCUT2D eigenvalue weighted by atomic mass is 9.88. The molecule has 3 rings (SSSR count). The standard InChI is InChI=1S/C18H24FN3O5/c19-12-9-11(20-13-2-4-15(23)21-17(13)26)1-3-14(12)22-7-5-18(27,6-8-22)10-16(24)25/h1,3,9,13,17,20,26-27H,2,4-8,10H2,(H,21,23)(H,24,25). The van der Waals surface area contributed by atoms with E-state index in [4.69, 9.17) is 5.11 Å². The molecular weight excluding hydrogens is 357 g/mol. The third-order valence-corrected chi connectivity index (χ3v) is 5.19. The average Bonchev–Trinajstić information content (AvgIpc) is 2.58. The van der Waals surface area contributed by atoms with E-state index in [0.29, 0.717) is 37.3 Å². The normalized spacial score (nSPS) is 25.0. The van der Waals surface area contributed by atoms with Crippen molar-refractivity contribution in [1.29, 1.82) is 0 Å². The van der Waals surface area contributed by atoms with Crippen LogP contribution in [-0.2, 0) is 9.59 Å². The van der Waals surface area contributed by atoms with Crippen molar-refractivity contribution < 1.29 is 29.3 Å². The predicted octanol–water partition coefficient (Wildman–Crippen LogP) is 0.641. The molecule has 2 atom stereocenters. The Morgan fingerprint density at radius 2 is 2.07 bits per heavy atom. The second-order valence-corrected chi connectivity index (χ2v) is 7.25. The molecule has 2 heterocycles. The number of anilines is 2. The second kappa shape index (κ2) is 7.69. The summed E-state index contributed by atoms with van der Waals surface area (Å²) in [5.41, 5.74) is -0.367. The first kappa shape index (κ1) is 19.4. The second-order valence-electron chi connectivity index (χ2n) is 7.25. The first-order valence-corrected chi connectivity index (χ1v) is 8.98. The van der Waals surface area contributed by atoms with Crippen molar-refractivity contribution in [3.05, 3.63) is 24.0 Å². The number of carbonyl (C=O) groups excluding carboxylic acids is 1. The Kier molecular flexibility index (Phi) is 5.52. The van der Waals surface area contributed by atoms with Crippen LogP contribution in [0.4, 0.5) is 15.8 Å². The van der Waals surface area contributed by atoms with Gasteiger partial charge in [-0.1, -0.05) is 0 Å². The van der Waals surface area contributed by atoms with Crippen LogP contribution in [0.5, 0.6) is 0 Å². The fourth-order valence-electron chi connectivity index (χ4n) is 3.62. The minimum Gasteiger partial charge on any atom is -0.481 e. The maximum Gasteiger partial charge on any atom is 0.306 e. The molecule has 0 aromatic heterocycles. The first-order chi connectivity index (χ1) is 12.8. The number of halogens is 1. The minimum absolute atomic E-state index is 0.213. The van der Waals surface area contributed by atoms with Gasteiger partial charge in [0.15, 0.2) is 0 Å². The van der Waals surface area contributed by atoms with Crippen molar-refractivity contribution in [1.82, 2.24) is 5.32 Å². The Bertz CT molecular complexity index is 721. The predicted molar refractivity (Wildman–Crippen MR) is 95.8 cm³/mol. The van der Waals surface area contributed by atoms with E-state index in [9.17, 15) is 24.2 Å². The Morgan fingerprint density at radius 1 is 1.37 bits per heavy atom. The van der Waals surface area contributed by atoms with Gasteiger partial charge in [-0.25, -0.2) is 4.39 Å². The molecule has 148 valence electrons. The molecule has 0 saturated carbocycles. The Labute approximate surface area is 156 Å². The lowest BCUT2D eigenvalue weighted by molar-refractivity contribution is -0.143. The number of carboxylic acid groups (broad SMARTS) is 1. The number of carbonyl (C=O) groups is 2. The fraction of sp³-hybridized carbons (Fsp3) is 0.556. The smallest absolute Gasteiger partial charge is 0.306 e. The van der Waals surface area contributed by atoms with Crippen molar-refractivity contribution in [2.45, 2.75) is 50.0 Å². The van der Waals surface area contributed by atoms with Crippen LogP contribution >= 0.6 is 0 Å². The number of hydrogen-bond acceptors (Lipinski definition) is 6. The number of nitrogens with one attached hydrogen (secondary N) is 2. The Hall–Kier alpha value is -2.39. The van der Waals surface area contributed by atoms with Crippen molar-refractivity contribution in [3.63, 3.8) is 0 Å². The molecule has 0 radical (unpaired) electrons. The summed E-state index contributed by atoms with van der Waals surface area (Å²) < 4.78 is 14.6. The summed E-state index contributed by atoms with van der Waals surface area (Å²) in [6.07, 6.45) is -0.0817. The third-order valence-electron chi connectivity index (χ3n) is 5.19. The van der Waals surface area contributed by atoms with E-state index in [1.807, 2.05) is 0 Å². The molecule has 0 bridgehead atoms. The molecule has 27 heavy (non-hydrogen) atoms. The number of carboxylic acids is 1. The maximum atomic E-state index is 14.6. The van der Waals surface area contributed by atoms with Crippen LogP contribution in [0.1, 0.15) is 32.1 Å². The van der Waals surface area contributed by atoms with Crippen LogP contribution in [0.3, 0.4) is 0 Å². The van der Waals surface area contributed by atoms with Gasteiger partial charge in [0.1, 0.15) is 12.0 Å². The molecular formula is C18H24FN3O5. The van der Waals surface area contributed by atoms with Crippen LogP contribution in [0, 0.1) is 5.82 Å². The SMILES string of the molecule is O=C(O)CC1(O)CCN(c2ccc(NC3CCC(=O)NC3O)cc2F)CC1. The van der Waals surface area contributed by atoms with Gasteiger partial charge in [-0.3, -0.25) is 9.59 Å². The van der Waals surface area contributed by atoms with Gasteiger partial charge in [-0.15, -0.1) is 0 Å². The van der Waals surface area contributed by atoms with Crippen LogP contribution in [0.25, 0.3) is 0 Å². The number of piperidine rings is 2. The third kappa shape index (κ3) is 4.67. The number of amides is 1. The monoisotopic (exact) mass is 381 g/mol. The number of nitrogens with zero attached hydrogens (tertiary/aromatic N) is 1. The van der Waals surface area contributed by atoms with E-state index in [-0.39, 0.29) is 25.2 Å². The molecule has 0 spiro atoms. The highest BCUT2D eigenvalue weighted by molar-refractivity contribution is 5.77. The van der Waals surface area contributed by atoms with E-state index in [1.54, 1.807) is 17.0 Å². The topological polar surface area (TPSA) is 122 Å². The van der Waals surface area contributed by atoms with Gasteiger partial charge in [0.2, 0.25) is 5.91 Å². The summed E-state index contributed by atoms with van der Waals surface area (Å²) >= 11 is 0. The molecule has 8 nitrogen and oxygen atoms in total. The van der Waals surface area contributed by atoms with Gasteiger partial charge in [0, 0.05) is 25.2 Å². The zero-order valence-electron chi connectivity index (χ0n) is 14.8. The van der Waals surface area contributed by atoms with Gasteiger partial charge in [0.05, 0.1) is 23.8 Å². The highest BCUT2D eigenvalue weighted by Crippen LogP contribution is 2.31. The number of aliphatic hydroxyl groups is 2. The average molecular weight is 381 g/mol. The molecule has 0 aliphatic carbocycles. The number of benzene rings is 1. The first-order valence-electron chi connectivity index (χ1n) is 8.98. The van der Waals surface area contributed by atoms with E-state index in [0.717, 1.165) is 0 Å². The van der Waals surface area contributed by atoms with Gasteiger partial charge in [0.25, 0.3) is 0 Å². The van der Waals surface area contributed by atoms with Crippen molar-refractivity contribution >= 4 is 23.3 Å². The fourth-order valence-corrected chi connectivity index (χ4v) is 3.62. The van der Waals surface area contributed by atoms with E-state index >= 15 is 0 Å². The largest absolute Gasteiger partial charge is 0.481 e. The Balaban J connectivity index is 1.62. The summed E-state index contributed by atoms with van der Waals surface area (Å²) in [5, 5.41) is 34.5. The number of aliphatic carboxylic acids is 1. The van der Waals surface area contributed by atoms with Gasteiger partial charge < -0.3 is 30.9 Å². The zero-order chi connectivity index (χ0) is 19.6. The molecule has 5 N–H and O–H groups in total. The maximum absolute atomic E-state index is 14.6. The van der Waals surface area contributed by atoms with E-state index in [2.05, 4.69) is 10.6 Å². The highest BCUT2D eigenvalue weighted by atomic mass is 19.1. The van der Waals surface area contributed by atoms with E-state index < -0.39 is 29.7 Å². The van der Waals surface area contributed by atoms with Crippen LogP contribution in [0.2, 0.25) is 0 Å². The molecule has 1 aromatic carbocycles. The van der Waals surface area contributed by atoms with Gasteiger partial charge in [-0.2, -0.15) is 0 Å². The highest BCUT2D eigenvalue weighted by Gasteiger charge is 2.35. The summed E-state index contributed by atoms with van der Waals surface area (Å²) in [4.78, 5) is 23.9. The minimum atomic E-state index is -1.25. The summed E-state index contributed by atoms with van der Waals surface area (Å²) in [7, 11) is 0. The zero-order valence-corrected chi connectivity index (χ0v) is 14.8. The summed E-state index contributed by atoms with van der Waals surface area (Å²) in [6.45, 7) is 0.724. The molecule has 9 heteroatoms. The Morgan fingerprint density at radius 3 is 2.67 bits per heavy atom.